The fraction of sp³-hybridized carbons (Fsp3) is 1.00. The Balaban J connectivity index is 0. The Morgan fingerprint density at radius 3 is 1.00 bits per heavy atom. The average molecular weight is 113 g/mol. The fourth-order valence-electron chi connectivity index (χ4n) is 0. The van der Waals surface area contributed by atoms with Crippen LogP contribution in [0.3, 0.4) is 0 Å². The molecule has 1 radical (unpaired) electrons. The van der Waals surface area contributed by atoms with Crippen molar-refractivity contribution >= 4 is 28.8 Å². The first kappa shape index (κ1) is 47.9. The molecule has 1 unspecified atom stereocenters. The Bertz CT molecular complexity index is 8.00. The first-order chi connectivity index (χ1) is 0. The molecule has 0 saturated heterocycles. The molecule has 0 bridgehead atoms. The van der Waals surface area contributed by atoms with Gasteiger partial charge in [-0.25, -0.2) is 0 Å². The van der Waals surface area contributed by atoms with Gasteiger partial charge in [0.05, 0.1) is 0 Å². The van der Waals surface area contributed by atoms with E-state index >= 15 is 0 Å². The zero-order valence-electron chi connectivity index (χ0n) is 2.06. The predicted octanol–water partition coefficient (Wildman–Crippen LogP) is 0.311. The van der Waals surface area contributed by atoms with Gasteiger partial charge in [-0.05, 0) is 0 Å². The third kappa shape index (κ3) is 9.62. The Morgan fingerprint density at radius 2 is 1.00 bits per heavy atom. The van der Waals surface area contributed by atoms with Crippen LogP contribution in [0.2, 0.25) is 0 Å². The smallest absolute Gasteiger partial charge is 0 e. The SMILES string of the molecule is C.P.[Fe].[Li]. The van der Waals surface area contributed by atoms with Crippen molar-refractivity contribution in [2.75, 3.05) is 0 Å². The molecule has 3 heteroatoms. The van der Waals surface area contributed by atoms with Gasteiger partial charge in [-0.2, -0.15) is 9.90 Å². The largest absolute Gasteiger partial charge is 0.153 e. The van der Waals surface area contributed by atoms with E-state index in [0.29, 0.717) is 0 Å². The average Bonchev–Trinajstić information content (AvgIpc) is 0. The van der Waals surface area contributed by atoms with Crippen LogP contribution in [0.5, 0.6) is 0 Å². The molecular formula is CH7FeLiP. The molecule has 0 aromatic rings. The summed E-state index contributed by atoms with van der Waals surface area (Å²) >= 11 is 0. The predicted molar refractivity (Wildman–Crippen MR) is 23.6 cm³/mol. The topological polar surface area (TPSA) is 0 Å². The van der Waals surface area contributed by atoms with Crippen LogP contribution in [-0.2, 0) is 17.1 Å². The van der Waals surface area contributed by atoms with Gasteiger partial charge in [0, 0.05) is 35.9 Å². The van der Waals surface area contributed by atoms with E-state index in [1.165, 1.54) is 0 Å². The first-order valence-corrected chi connectivity index (χ1v) is 0. The molecule has 0 aliphatic rings. The van der Waals surface area contributed by atoms with E-state index < -0.39 is 0 Å². The minimum atomic E-state index is 0. The van der Waals surface area contributed by atoms with Gasteiger partial charge in [0.25, 0.3) is 0 Å². The zero-order chi connectivity index (χ0) is 0. The first-order valence-electron chi connectivity index (χ1n) is 0. The Labute approximate surface area is 53.4 Å². The molecule has 0 rings (SSSR count). The summed E-state index contributed by atoms with van der Waals surface area (Å²) in [6.07, 6.45) is 0. The number of hydrogen-bond acceptors (Lipinski definition) is 0. The quantitative estimate of drug-likeness (QED) is 0.313. The summed E-state index contributed by atoms with van der Waals surface area (Å²) in [5.74, 6) is 0. The maximum atomic E-state index is 0. The van der Waals surface area contributed by atoms with Crippen LogP contribution in [0.15, 0.2) is 0 Å². The molecule has 0 aliphatic carbocycles. The fourth-order valence-corrected chi connectivity index (χ4v) is 0. The minimum absolute atomic E-state index is 0. The molecule has 0 fully saturated rings. The second-order valence-electron chi connectivity index (χ2n) is 0. The summed E-state index contributed by atoms with van der Waals surface area (Å²) in [6, 6.07) is 0. The molecule has 4 heavy (non-hydrogen) atoms. The zero-order valence-corrected chi connectivity index (χ0v) is 4.58. The van der Waals surface area contributed by atoms with Gasteiger partial charge in [-0.15, -0.1) is 0 Å². The van der Waals surface area contributed by atoms with Crippen molar-refractivity contribution in [3.8, 4) is 0 Å². The van der Waals surface area contributed by atoms with E-state index in [4.69, 9.17) is 0 Å². The normalized spacial score (nSPS) is 0. The molecule has 0 saturated carbocycles. The maximum Gasteiger partial charge on any atom is 0 e. The molecule has 25 valence electrons. The second-order valence-corrected chi connectivity index (χ2v) is 0. The molecule has 0 aromatic heterocycles. The van der Waals surface area contributed by atoms with Crippen LogP contribution >= 0.6 is 9.90 Å². The number of hydrogen-bond donors (Lipinski definition) is 0. The van der Waals surface area contributed by atoms with E-state index in [1.807, 2.05) is 0 Å². The van der Waals surface area contributed by atoms with Crippen molar-refractivity contribution in [3.63, 3.8) is 0 Å². The van der Waals surface area contributed by atoms with Gasteiger partial charge in [-0.1, -0.05) is 7.43 Å². The third-order valence-corrected chi connectivity index (χ3v) is 0. The standard InChI is InChI=1S/CH4.Fe.Li.H3P/h1H4;;;1H3. The molecule has 0 N–H and O–H groups in total. The number of rotatable bonds is 0. The molecule has 1 atom stereocenters. The van der Waals surface area contributed by atoms with Crippen molar-refractivity contribution in [2.24, 2.45) is 0 Å². The summed E-state index contributed by atoms with van der Waals surface area (Å²) in [6.45, 7) is 0. The van der Waals surface area contributed by atoms with Crippen LogP contribution in [-0.4, -0.2) is 18.9 Å². The van der Waals surface area contributed by atoms with Gasteiger partial charge in [0.15, 0.2) is 0 Å². The van der Waals surface area contributed by atoms with Gasteiger partial charge in [-0.3, -0.25) is 0 Å². The van der Waals surface area contributed by atoms with Gasteiger partial charge < -0.3 is 0 Å². The molecule has 0 aromatic carbocycles. The van der Waals surface area contributed by atoms with Gasteiger partial charge >= 0.3 is 0 Å². The van der Waals surface area contributed by atoms with E-state index in [9.17, 15) is 0 Å². The van der Waals surface area contributed by atoms with Gasteiger partial charge in [0.1, 0.15) is 0 Å². The molecule has 0 amide bonds. The molecule has 0 aliphatic heterocycles. The molecule has 0 spiro atoms. The monoisotopic (exact) mass is 113 g/mol. The summed E-state index contributed by atoms with van der Waals surface area (Å²) in [5.41, 5.74) is 0. The van der Waals surface area contributed by atoms with Crippen molar-refractivity contribution in [1.82, 2.24) is 0 Å². The van der Waals surface area contributed by atoms with Crippen molar-refractivity contribution in [3.05, 3.63) is 0 Å². The van der Waals surface area contributed by atoms with Crippen LogP contribution in [0.4, 0.5) is 0 Å². The second kappa shape index (κ2) is 23.9. The van der Waals surface area contributed by atoms with Gasteiger partial charge in [0.2, 0.25) is 0 Å². The van der Waals surface area contributed by atoms with Crippen LogP contribution in [0.25, 0.3) is 0 Å². The van der Waals surface area contributed by atoms with Crippen LogP contribution < -0.4 is 0 Å². The Morgan fingerprint density at radius 1 is 1.00 bits per heavy atom. The van der Waals surface area contributed by atoms with Crippen molar-refractivity contribution in [2.45, 2.75) is 7.43 Å². The Kier molecular flexibility index (Phi) is 286. The minimum Gasteiger partial charge on any atom is -0.153 e. The van der Waals surface area contributed by atoms with Crippen LogP contribution in [0.1, 0.15) is 7.43 Å². The van der Waals surface area contributed by atoms with E-state index in [-0.39, 0.29) is 53.3 Å². The van der Waals surface area contributed by atoms with E-state index in [1.54, 1.807) is 0 Å². The van der Waals surface area contributed by atoms with Crippen molar-refractivity contribution in [1.29, 1.82) is 0 Å². The summed E-state index contributed by atoms with van der Waals surface area (Å²) in [5, 5.41) is 0. The molecule has 0 heterocycles. The van der Waals surface area contributed by atoms with E-state index in [2.05, 4.69) is 0 Å². The summed E-state index contributed by atoms with van der Waals surface area (Å²) < 4.78 is 0. The third-order valence-electron chi connectivity index (χ3n) is 0. The summed E-state index contributed by atoms with van der Waals surface area (Å²) in [4.78, 5) is 0. The molecular weight excluding hydrogens is 106 g/mol. The van der Waals surface area contributed by atoms with Crippen LogP contribution in [0, 0.1) is 0 Å². The summed E-state index contributed by atoms with van der Waals surface area (Å²) in [7, 11) is 0. The van der Waals surface area contributed by atoms with E-state index in [0.717, 1.165) is 0 Å². The van der Waals surface area contributed by atoms with Crippen molar-refractivity contribution < 1.29 is 17.1 Å². The Hall–Kier alpha value is 1.55. The molecule has 0 nitrogen and oxygen atoms in total. The maximum absolute atomic E-state index is 0.